The van der Waals surface area contributed by atoms with Crippen molar-refractivity contribution in [1.29, 1.82) is 0 Å². The van der Waals surface area contributed by atoms with Gasteiger partial charge in [-0.3, -0.25) is 4.79 Å². The number of nitrogens with zero attached hydrogens (tertiary/aromatic N) is 1. The predicted molar refractivity (Wildman–Crippen MR) is 79.6 cm³/mol. The lowest BCUT2D eigenvalue weighted by molar-refractivity contribution is 0.0708. The van der Waals surface area contributed by atoms with Crippen molar-refractivity contribution >= 4 is 33.0 Å². The molecule has 1 unspecified atom stereocenters. The maximum absolute atomic E-state index is 12.5. The molecule has 1 aromatic rings. The number of nitrogens with two attached hydrogens (primary N) is 1. The lowest BCUT2D eigenvalue weighted by atomic mass is 10.1. The smallest absolute Gasteiger partial charge is 0.254 e. The molecule has 1 aliphatic heterocycles. The Morgan fingerprint density at radius 3 is 2.65 bits per heavy atom. The third-order valence-electron chi connectivity index (χ3n) is 3.42. The first-order valence-electron chi connectivity index (χ1n) is 6.40. The van der Waals surface area contributed by atoms with Gasteiger partial charge in [-0.05, 0) is 31.5 Å². The third-order valence-corrected chi connectivity index (χ3v) is 5.39. The second kappa shape index (κ2) is 5.61. The van der Waals surface area contributed by atoms with Crippen LogP contribution in [0.1, 0.15) is 23.7 Å². The van der Waals surface area contributed by atoms with Crippen LogP contribution in [0.3, 0.4) is 0 Å². The highest BCUT2D eigenvalue weighted by atomic mass is 35.5. The van der Waals surface area contributed by atoms with Crippen molar-refractivity contribution in [3.8, 4) is 0 Å². The van der Waals surface area contributed by atoms with Crippen LogP contribution in [-0.4, -0.2) is 43.3 Å². The molecule has 1 aromatic carbocycles. The summed E-state index contributed by atoms with van der Waals surface area (Å²) >= 11 is 5.90. The number of halogens is 1. The average Bonchev–Trinajstić information content (AvgIpc) is 2.69. The molecule has 1 aliphatic rings. The molecule has 20 heavy (non-hydrogen) atoms. The minimum absolute atomic E-state index is 0.0304. The lowest BCUT2D eigenvalue weighted by Crippen LogP contribution is -2.41. The van der Waals surface area contributed by atoms with E-state index < -0.39 is 9.84 Å². The number of hydrogen-bond donors (Lipinski definition) is 1. The standard InChI is InChI=1S/C13H17ClN2O3S/c1-2-16(12-3-4-20(18,19)8-12)13(17)9-5-10(14)7-11(15)6-9/h5-7,12H,2-4,8,15H2,1H3. The highest BCUT2D eigenvalue weighted by Gasteiger charge is 2.34. The van der Waals surface area contributed by atoms with Crippen LogP contribution in [-0.2, 0) is 9.84 Å². The maximum Gasteiger partial charge on any atom is 0.254 e. The van der Waals surface area contributed by atoms with E-state index in [0.717, 1.165) is 0 Å². The molecule has 1 atom stereocenters. The highest BCUT2D eigenvalue weighted by Crippen LogP contribution is 2.22. The zero-order chi connectivity index (χ0) is 14.9. The van der Waals surface area contributed by atoms with Gasteiger partial charge in [0, 0.05) is 28.9 Å². The van der Waals surface area contributed by atoms with Crippen molar-refractivity contribution < 1.29 is 13.2 Å². The van der Waals surface area contributed by atoms with Gasteiger partial charge in [-0.1, -0.05) is 11.6 Å². The number of anilines is 1. The largest absolute Gasteiger partial charge is 0.399 e. The minimum Gasteiger partial charge on any atom is -0.399 e. The van der Waals surface area contributed by atoms with E-state index in [4.69, 9.17) is 17.3 Å². The molecule has 0 spiro atoms. The molecule has 1 heterocycles. The summed E-state index contributed by atoms with van der Waals surface area (Å²) in [5.41, 5.74) is 6.49. The van der Waals surface area contributed by atoms with Crippen molar-refractivity contribution in [2.24, 2.45) is 0 Å². The Morgan fingerprint density at radius 1 is 1.45 bits per heavy atom. The van der Waals surface area contributed by atoms with Gasteiger partial charge in [0.2, 0.25) is 0 Å². The van der Waals surface area contributed by atoms with E-state index in [9.17, 15) is 13.2 Å². The van der Waals surface area contributed by atoms with Crippen LogP contribution in [0, 0.1) is 0 Å². The van der Waals surface area contributed by atoms with Gasteiger partial charge in [0.1, 0.15) is 0 Å². The molecule has 110 valence electrons. The molecule has 2 rings (SSSR count). The average molecular weight is 317 g/mol. The van der Waals surface area contributed by atoms with Gasteiger partial charge < -0.3 is 10.6 Å². The Kier molecular flexibility index (Phi) is 4.25. The fraction of sp³-hybridized carbons (Fsp3) is 0.462. The molecular weight excluding hydrogens is 300 g/mol. The van der Waals surface area contributed by atoms with Crippen molar-refractivity contribution in [2.75, 3.05) is 23.8 Å². The van der Waals surface area contributed by atoms with Crippen LogP contribution in [0.15, 0.2) is 18.2 Å². The van der Waals surface area contributed by atoms with Crippen molar-refractivity contribution in [3.05, 3.63) is 28.8 Å². The number of carbonyl (C=O) groups is 1. The number of carbonyl (C=O) groups excluding carboxylic acids is 1. The van der Waals surface area contributed by atoms with Crippen LogP contribution < -0.4 is 5.73 Å². The highest BCUT2D eigenvalue weighted by molar-refractivity contribution is 7.91. The van der Waals surface area contributed by atoms with Crippen LogP contribution in [0.4, 0.5) is 5.69 Å². The van der Waals surface area contributed by atoms with Gasteiger partial charge in [0.25, 0.3) is 5.91 Å². The van der Waals surface area contributed by atoms with E-state index in [1.54, 1.807) is 23.1 Å². The van der Waals surface area contributed by atoms with Gasteiger partial charge in [-0.2, -0.15) is 0 Å². The molecule has 0 radical (unpaired) electrons. The van der Waals surface area contributed by atoms with E-state index in [0.29, 0.717) is 29.2 Å². The van der Waals surface area contributed by atoms with E-state index in [1.807, 2.05) is 6.92 Å². The second-order valence-corrected chi connectivity index (χ2v) is 7.59. The van der Waals surface area contributed by atoms with E-state index in [2.05, 4.69) is 0 Å². The van der Waals surface area contributed by atoms with Crippen molar-refractivity contribution in [1.82, 2.24) is 4.90 Å². The fourth-order valence-electron chi connectivity index (χ4n) is 2.49. The summed E-state index contributed by atoms with van der Waals surface area (Å²) < 4.78 is 23.1. The first-order chi connectivity index (χ1) is 9.32. The molecule has 2 N–H and O–H groups in total. The van der Waals surface area contributed by atoms with Crippen molar-refractivity contribution in [2.45, 2.75) is 19.4 Å². The molecule has 0 saturated carbocycles. The number of nitrogen functional groups attached to an aromatic ring is 1. The molecule has 7 heteroatoms. The summed E-state index contributed by atoms with van der Waals surface area (Å²) in [4.78, 5) is 14.1. The molecule has 0 bridgehead atoms. The van der Waals surface area contributed by atoms with Gasteiger partial charge in [-0.15, -0.1) is 0 Å². The molecule has 0 aliphatic carbocycles. The summed E-state index contributed by atoms with van der Waals surface area (Å²) in [7, 11) is -3.03. The van der Waals surface area contributed by atoms with Crippen molar-refractivity contribution in [3.63, 3.8) is 0 Å². The lowest BCUT2D eigenvalue weighted by Gasteiger charge is -2.27. The number of benzene rings is 1. The van der Waals surface area contributed by atoms with E-state index >= 15 is 0 Å². The number of rotatable bonds is 3. The normalized spacial score (nSPS) is 20.8. The number of hydrogen-bond acceptors (Lipinski definition) is 4. The number of amides is 1. The van der Waals surface area contributed by atoms with Crippen LogP contribution in [0.5, 0.6) is 0 Å². The predicted octanol–water partition coefficient (Wildman–Crippen LogP) is 1.57. The summed E-state index contributed by atoms with van der Waals surface area (Å²) in [6.07, 6.45) is 0.484. The Balaban J connectivity index is 2.25. The zero-order valence-electron chi connectivity index (χ0n) is 11.2. The monoisotopic (exact) mass is 316 g/mol. The topological polar surface area (TPSA) is 80.5 Å². The minimum atomic E-state index is -3.03. The maximum atomic E-state index is 12.5. The molecule has 1 fully saturated rings. The molecule has 5 nitrogen and oxygen atoms in total. The summed E-state index contributed by atoms with van der Waals surface area (Å²) in [6, 6.07) is 4.40. The third kappa shape index (κ3) is 3.24. The Hall–Kier alpha value is -1.27. The van der Waals surface area contributed by atoms with E-state index in [1.165, 1.54) is 0 Å². The van der Waals surface area contributed by atoms with Gasteiger partial charge in [-0.25, -0.2) is 8.42 Å². The molecule has 1 amide bonds. The summed E-state index contributed by atoms with van der Waals surface area (Å²) in [6.45, 7) is 2.28. The molecule has 0 aromatic heterocycles. The quantitative estimate of drug-likeness (QED) is 0.858. The summed E-state index contributed by atoms with van der Waals surface area (Å²) in [5, 5.41) is 0.392. The Labute approximate surface area is 123 Å². The zero-order valence-corrected chi connectivity index (χ0v) is 12.7. The Bertz CT molecular complexity index is 610. The first-order valence-corrected chi connectivity index (χ1v) is 8.60. The fourth-order valence-corrected chi connectivity index (χ4v) is 4.46. The molecular formula is C13H17ClN2O3S. The van der Waals surface area contributed by atoms with Crippen LogP contribution in [0.25, 0.3) is 0 Å². The van der Waals surface area contributed by atoms with Crippen LogP contribution in [0.2, 0.25) is 5.02 Å². The van der Waals surface area contributed by atoms with Crippen LogP contribution >= 0.6 is 11.6 Å². The van der Waals surface area contributed by atoms with Gasteiger partial charge in [0.15, 0.2) is 9.84 Å². The Morgan fingerprint density at radius 2 is 2.15 bits per heavy atom. The SMILES string of the molecule is CCN(C(=O)c1cc(N)cc(Cl)c1)C1CCS(=O)(=O)C1. The first kappa shape index (κ1) is 15.1. The summed E-state index contributed by atoms with van der Waals surface area (Å²) in [5.74, 6) is -0.0642. The van der Waals surface area contributed by atoms with E-state index in [-0.39, 0.29) is 23.5 Å². The molecule has 1 saturated heterocycles. The second-order valence-electron chi connectivity index (χ2n) is 4.92. The van der Waals surface area contributed by atoms with Gasteiger partial charge >= 0.3 is 0 Å². The number of sulfone groups is 1. The van der Waals surface area contributed by atoms with Gasteiger partial charge in [0.05, 0.1) is 11.5 Å².